The molecule has 0 bridgehead atoms. The predicted octanol–water partition coefficient (Wildman–Crippen LogP) is 23.2. The molecule has 0 saturated heterocycles. The van der Waals surface area contributed by atoms with E-state index < -0.39 is 0 Å². The van der Waals surface area contributed by atoms with E-state index in [4.69, 9.17) is 19.9 Å². The average Bonchev–Trinajstić information content (AvgIpc) is 1.15. The molecule has 18 aromatic rings. The second-order valence-corrected chi connectivity index (χ2v) is 25.0. The molecule has 0 N–H and O–H groups in total. The minimum atomic E-state index is 0.867. The molecule has 88 heavy (non-hydrogen) atoms. The summed E-state index contributed by atoms with van der Waals surface area (Å²) >= 11 is 3.72. The van der Waals surface area contributed by atoms with Gasteiger partial charge in [0.1, 0.15) is 0 Å². The lowest BCUT2D eigenvalue weighted by Gasteiger charge is -2.15. The van der Waals surface area contributed by atoms with Crippen molar-refractivity contribution in [3.8, 4) is 67.0 Å². The van der Waals surface area contributed by atoms with Gasteiger partial charge in [-0.2, -0.15) is 0 Å². The first-order valence-corrected chi connectivity index (χ1v) is 31.5. The third-order valence-electron chi connectivity index (χ3n) is 17.5. The first-order chi connectivity index (χ1) is 43.5. The highest BCUT2D eigenvalue weighted by Crippen LogP contribution is 2.46. The Bertz CT molecular complexity index is 5850. The molecule has 14 aromatic carbocycles. The van der Waals surface area contributed by atoms with Crippen molar-refractivity contribution in [3.05, 3.63) is 290 Å². The molecular formula is C82H52N4S2. The lowest BCUT2D eigenvalue weighted by atomic mass is 9.93. The van der Waals surface area contributed by atoms with Crippen LogP contribution in [0.15, 0.2) is 279 Å². The van der Waals surface area contributed by atoms with E-state index in [1.165, 1.54) is 112 Å². The quantitative estimate of drug-likeness (QED) is 0.156. The normalized spacial score (nSPS) is 11.8. The summed E-state index contributed by atoms with van der Waals surface area (Å²) in [5.74, 6) is 0. The molecule has 412 valence electrons. The molecule has 18 rings (SSSR count). The van der Waals surface area contributed by atoms with Crippen LogP contribution in [-0.2, 0) is 0 Å². The first-order valence-electron chi connectivity index (χ1n) is 29.8. The van der Waals surface area contributed by atoms with Crippen molar-refractivity contribution in [2.75, 3.05) is 0 Å². The van der Waals surface area contributed by atoms with Gasteiger partial charge in [-0.3, -0.25) is 9.97 Å². The van der Waals surface area contributed by atoms with Crippen LogP contribution in [0.3, 0.4) is 0 Å². The van der Waals surface area contributed by atoms with Crippen LogP contribution in [0.2, 0.25) is 0 Å². The highest BCUT2D eigenvalue weighted by Gasteiger charge is 2.21. The van der Waals surface area contributed by atoms with E-state index in [1.54, 1.807) is 0 Å². The lowest BCUT2D eigenvalue weighted by Crippen LogP contribution is -1.94. The topological polar surface area (TPSA) is 51.6 Å². The van der Waals surface area contributed by atoms with Gasteiger partial charge in [-0.05, 0) is 105 Å². The van der Waals surface area contributed by atoms with Gasteiger partial charge < -0.3 is 0 Å². The molecule has 0 aliphatic rings. The molecule has 0 saturated carbocycles. The van der Waals surface area contributed by atoms with Crippen LogP contribution in [0.5, 0.6) is 0 Å². The van der Waals surface area contributed by atoms with E-state index in [1.807, 2.05) is 35.1 Å². The zero-order valence-electron chi connectivity index (χ0n) is 48.2. The van der Waals surface area contributed by atoms with Crippen molar-refractivity contribution in [2.45, 2.75) is 13.8 Å². The van der Waals surface area contributed by atoms with Crippen LogP contribution in [0.25, 0.3) is 173 Å². The van der Waals surface area contributed by atoms with Crippen molar-refractivity contribution in [1.29, 1.82) is 0 Å². The molecule has 4 nitrogen and oxygen atoms in total. The van der Waals surface area contributed by atoms with Crippen LogP contribution >= 0.6 is 22.7 Å². The third kappa shape index (κ3) is 8.63. The summed E-state index contributed by atoms with van der Waals surface area (Å²) in [6.07, 6.45) is 3.92. The Kier molecular flexibility index (Phi) is 12.3. The summed E-state index contributed by atoms with van der Waals surface area (Å²) in [4.78, 5) is 21.2. The number of hydrogen-bond donors (Lipinski definition) is 0. The van der Waals surface area contributed by atoms with Gasteiger partial charge in [0.2, 0.25) is 0 Å². The number of hydrogen-bond acceptors (Lipinski definition) is 6. The van der Waals surface area contributed by atoms with E-state index in [0.717, 1.165) is 71.7 Å². The molecule has 0 spiro atoms. The maximum Gasteiger partial charge on any atom is 0.0979 e. The highest BCUT2D eigenvalue weighted by molar-refractivity contribution is 7.26. The van der Waals surface area contributed by atoms with Crippen molar-refractivity contribution in [2.24, 2.45) is 0 Å². The number of thiophene rings is 2. The molecule has 0 aliphatic carbocycles. The maximum absolute atomic E-state index is 5.51. The van der Waals surface area contributed by atoms with Crippen LogP contribution in [0.1, 0.15) is 11.1 Å². The van der Waals surface area contributed by atoms with Crippen molar-refractivity contribution in [1.82, 2.24) is 19.9 Å². The number of rotatable bonds is 6. The largest absolute Gasteiger partial charge is 0.252 e. The van der Waals surface area contributed by atoms with Crippen LogP contribution in [-0.4, -0.2) is 19.9 Å². The van der Waals surface area contributed by atoms with Crippen LogP contribution in [0, 0.1) is 13.8 Å². The fraction of sp³-hybridized carbons (Fsp3) is 0.0244. The summed E-state index contributed by atoms with van der Waals surface area (Å²) in [5.41, 5.74) is 19.6. The number of benzene rings is 14. The minimum absolute atomic E-state index is 0.867. The van der Waals surface area contributed by atoms with Crippen molar-refractivity contribution >= 4 is 128 Å². The predicted molar refractivity (Wildman–Crippen MR) is 377 cm³/mol. The van der Waals surface area contributed by atoms with Crippen LogP contribution in [0.4, 0.5) is 0 Å². The fourth-order valence-corrected chi connectivity index (χ4v) is 15.8. The van der Waals surface area contributed by atoms with E-state index in [0.29, 0.717) is 0 Å². The number of nitrogens with zero attached hydrogens (tertiary/aromatic N) is 4. The van der Waals surface area contributed by atoms with E-state index in [2.05, 4.69) is 281 Å². The first kappa shape index (κ1) is 51.6. The van der Waals surface area contributed by atoms with E-state index >= 15 is 0 Å². The Morgan fingerprint density at radius 1 is 0.239 bits per heavy atom. The van der Waals surface area contributed by atoms with Gasteiger partial charge >= 0.3 is 0 Å². The van der Waals surface area contributed by atoms with E-state index in [9.17, 15) is 0 Å². The summed E-state index contributed by atoms with van der Waals surface area (Å²) in [5, 5.41) is 14.5. The second-order valence-electron chi connectivity index (χ2n) is 22.9. The van der Waals surface area contributed by atoms with Gasteiger partial charge in [0.05, 0.1) is 45.8 Å². The molecule has 4 heterocycles. The van der Waals surface area contributed by atoms with Crippen molar-refractivity contribution in [3.63, 3.8) is 0 Å². The molecule has 0 amide bonds. The number of fused-ring (bicyclic) bond motifs is 18. The summed E-state index contributed by atoms with van der Waals surface area (Å²) in [6, 6.07) is 95.9. The molecular weight excluding hydrogens is 1110 g/mol. The van der Waals surface area contributed by atoms with Gasteiger partial charge in [0.25, 0.3) is 0 Å². The molecule has 0 unspecified atom stereocenters. The van der Waals surface area contributed by atoms with Crippen LogP contribution < -0.4 is 0 Å². The summed E-state index contributed by atoms with van der Waals surface area (Å²) in [6.45, 7) is 4.28. The van der Waals surface area contributed by atoms with E-state index in [-0.39, 0.29) is 0 Å². The Morgan fingerprint density at radius 3 is 1.06 bits per heavy atom. The lowest BCUT2D eigenvalue weighted by molar-refractivity contribution is 1.31. The molecule has 0 radical (unpaired) electrons. The second kappa shape index (κ2) is 21.0. The number of aryl methyl sites for hydroxylation is 2. The standard InChI is InChI=1S/C46H28N2S.C36H24N2S/c1-3-12-29(13-4-1)31-22-24-34-35-25-23-32(30-14-5-2-6-15-30)27-41(35)45-44(40(34)26-31)47-28-42(48-45)36-17-8-7-16-33(36)38-19-11-20-39-37-18-9-10-21-43(37)49-46(38)39;1-21-14-16-24-25-17-15-22(2)19-31(25)35-34(30(24)18-21)37-20-32(38-35)26-9-4-3-8-23(26)28-11-7-12-29-27-10-5-6-13-33(27)39-36(28)29/h1-28H;3-20H,1-2H3. The molecule has 0 aliphatic heterocycles. The van der Waals surface area contributed by atoms with Gasteiger partial charge in [0.15, 0.2) is 0 Å². The monoisotopic (exact) mass is 1160 g/mol. The van der Waals surface area contributed by atoms with Gasteiger partial charge in [-0.15, -0.1) is 22.7 Å². The highest BCUT2D eigenvalue weighted by atomic mass is 32.1. The minimum Gasteiger partial charge on any atom is -0.252 e. The summed E-state index contributed by atoms with van der Waals surface area (Å²) in [7, 11) is 0. The Morgan fingerprint density at radius 2 is 0.591 bits per heavy atom. The number of aromatic nitrogens is 4. The van der Waals surface area contributed by atoms with Gasteiger partial charge in [-0.1, -0.05) is 242 Å². The average molecular weight is 1160 g/mol. The van der Waals surface area contributed by atoms with Crippen molar-refractivity contribution < 1.29 is 0 Å². The summed E-state index contributed by atoms with van der Waals surface area (Å²) < 4.78 is 5.21. The maximum atomic E-state index is 5.51. The fourth-order valence-electron chi connectivity index (χ4n) is 13.4. The zero-order valence-corrected chi connectivity index (χ0v) is 49.8. The third-order valence-corrected chi connectivity index (χ3v) is 20.0. The zero-order chi connectivity index (χ0) is 58.4. The van der Waals surface area contributed by atoms with Gasteiger partial charge in [0, 0.05) is 84.1 Å². The molecule has 6 heteroatoms. The molecule has 4 aromatic heterocycles. The SMILES string of the molecule is Cc1ccc2c3ccc(C)cc3c3nc(-c4ccccc4-c4cccc5c4sc4ccccc45)cnc3c2c1.c1ccc(-c2ccc3c4ccc(-c5ccccc5)cc4c4nc(-c5ccccc5-c5cccc6c5sc5ccccc56)cnc4c3c2)cc1. The van der Waals surface area contributed by atoms with Gasteiger partial charge in [-0.25, -0.2) is 9.97 Å². The molecule has 0 atom stereocenters. The smallest absolute Gasteiger partial charge is 0.0979 e. The Hall–Kier alpha value is -10.8. The molecule has 0 fully saturated rings. The Labute approximate surface area is 516 Å². The Balaban J connectivity index is 0.000000140.